The molecule has 0 spiro atoms. The van der Waals surface area contributed by atoms with E-state index in [4.69, 9.17) is 11.5 Å². The summed E-state index contributed by atoms with van der Waals surface area (Å²) in [6, 6.07) is 0. The number of rotatable bonds is 3. The normalized spacial score (nSPS) is 25.9. The van der Waals surface area contributed by atoms with Crippen molar-refractivity contribution >= 4 is 11.8 Å². The SMILES string of the molecule is CC(C)(N)CC(=O)N1CCC(C)(C(N)=O)C1. The molecule has 1 fully saturated rings. The molecule has 0 saturated carbocycles. The van der Waals surface area contributed by atoms with E-state index in [9.17, 15) is 9.59 Å². The van der Waals surface area contributed by atoms with Crippen LogP contribution in [0.4, 0.5) is 0 Å². The van der Waals surface area contributed by atoms with Crippen molar-refractivity contribution in [1.29, 1.82) is 0 Å². The van der Waals surface area contributed by atoms with Crippen LogP contribution in [0.1, 0.15) is 33.6 Å². The lowest BCUT2D eigenvalue weighted by Gasteiger charge is -2.24. The molecule has 5 heteroatoms. The number of nitrogens with two attached hydrogens (primary N) is 2. The molecular weight excluding hydrogens is 206 g/mol. The third kappa shape index (κ3) is 2.95. The number of likely N-dealkylation sites (tertiary alicyclic amines) is 1. The van der Waals surface area contributed by atoms with Crippen LogP contribution in [0, 0.1) is 5.41 Å². The largest absolute Gasteiger partial charge is 0.369 e. The highest BCUT2D eigenvalue weighted by Gasteiger charge is 2.40. The fourth-order valence-corrected chi connectivity index (χ4v) is 1.88. The van der Waals surface area contributed by atoms with Crippen molar-refractivity contribution in [2.75, 3.05) is 13.1 Å². The summed E-state index contributed by atoms with van der Waals surface area (Å²) in [5.41, 5.74) is 10.0. The fourth-order valence-electron chi connectivity index (χ4n) is 1.88. The topological polar surface area (TPSA) is 89.4 Å². The summed E-state index contributed by atoms with van der Waals surface area (Å²) >= 11 is 0. The van der Waals surface area contributed by atoms with E-state index in [1.165, 1.54) is 0 Å². The van der Waals surface area contributed by atoms with E-state index >= 15 is 0 Å². The number of carbonyl (C=O) groups is 2. The Balaban J connectivity index is 2.60. The third-order valence-electron chi connectivity index (χ3n) is 3.03. The molecule has 2 amide bonds. The Morgan fingerprint density at radius 2 is 2.00 bits per heavy atom. The number of carbonyl (C=O) groups excluding carboxylic acids is 2. The van der Waals surface area contributed by atoms with Crippen LogP contribution < -0.4 is 11.5 Å². The lowest BCUT2D eigenvalue weighted by Crippen LogP contribution is -2.42. The summed E-state index contributed by atoms with van der Waals surface area (Å²) in [6.07, 6.45) is 0.931. The predicted molar refractivity (Wildman–Crippen MR) is 61.4 cm³/mol. The van der Waals surface area contributed by atoms with Gasteiger partial charge in [0.2, 0.25) is 11.8 Å². The zero-order valence-electron chi connectivity index (χ0n) is 10.2. The van der Waals surface area contributed by atoms with Gasteiger partial charge in [-0.05, 0) is 27.2 Å². The van der Waals surface area contributed by atoms with Crippen LogP contribution in [0.3, 0.4) is 0 Å². The second-order valence-electron chi connectivity index (χ2n) is 5.66. The van der Waals surface area contributed by atoms with Crippen molar-refractivity contribution in [1.82, 2.24) is 4.90 Å². The Morgan fingerprint density at radius 1 is 1.44 bits per heavy atom. The Labute approximate surface area is 96.1 Å². The zero-order chi connectivity index (χ0) is 12.6. The molecule has 0 aromatic heterocycles. The van der Waals surface area contributed by atoms with Crippen molar-refractivity contribution in [3.63, 3.8) is 0 Å². The highest BCUT2D eigenvalue weighted by molar-refractivity contribution is 5.84. The first-order chi connectivity index (χ1) is 7.14. The van der Waals surface area contributed by atoms with E-state index in [2.05, 4.69) is 0 Å². The lowest BCUT2D eigenvalue weighted by molar-refractivity contribution is -0.132. The number of hydrogen-bond acceptors (Lipinski definition) is 3. The summed E-state index contributed by atoms with van der Waals surface area (Å²) < 4.78 is 0. The first-order valence-electron chi connectivity index (χ1n) is 5.51. The number of hydrogen-bond donors (Lipinski definition) is 2. The van der Waals surface area contributed by atoms with Crippen LogP contribution in [-0.2, 0) is 9.59 Å². The van der Waals surface area contributed by atoms with Crippen LogP contribution in [0.5, 0.6) is 0 Å². The average Bonchev–Trinajstić information content (AvgIpc) is 2.46. The molecule has 0 aromatic rings. The fraction of sp³-hybridized carbons (Fsp3) is 0.818. The van der Waals surface area contributed by atoms with Crippen molar-refractivity contribution < 1.29 is 9.59 Å². The Morgan fingerprint density at radius 3 is 2.38 bits per heavy atom. The molecular formula is C11H21N3O2. The summed E-state index contributed by atoms with van der Waals surface area (Å²) in [6.45, 7) is 6.43. The van der Waals surface area contributed by atoms with E-state index < -0.39 is 11.0 Å². The molecule has 16 heavy (non-hydrogen) atoms. The maximum Gasteiger partial charge on any atom is 0.225 e. The van der Waals surface area contributed by atoms with E-state index in [-0.39, 0.29) is 11.8 Å². The van der Waals surface area contributed by atoms with Crippen molar-refractivity contribution in [2.45, 2.75) is 39.2 Å². The molecule has 1 heterocycles. The predicted octanol–water partition coefficient (Wildman–Crippen LogP) is -0.162. The third-order valence-corrected chi connectivity index (χ3v) is 3.03. The average molecular weight is 227 g/mol. The molecule has 1 aliphatic rings. The van der Waals surface area contributed by atoms with Crippen LogP contribution in [0.25, 0.3) is 0 Å². The zero-order valence-corrected chi connectivity index (χ0v) is 10.2. The van der Waals surface area contributed by atoms with Gasteiger partial charge in [0.25, 0.3) is 0 Å². The van der Waals surface area contributed by atoms with Crippen LogP contribution >= 0.6 is 0 Å². The molecule has 92 valence electrons. The number of primary amides is 1. The second kappa shape index (κ2) is 4.05. The van der Waals surface area contributed by atoms with Gasteiger partial charge >= 0.3 is 0 Å². The number of amides is 2. The summed E-state index contributed by atoms with van der Waals surface area (Å²) in [5, 5.41) is 0. The van der Waals surface area contributed by atoms with Gasteiger partial charge in [-0.3, -0.25) is 9.59 Å². The van der Waals surface area contributed by atoms with Crippen LogP contribution in [-0.4, -0.2) is 35.3 Å². The first kappa shape index (κ1) is 13.0. The minimum Gasteiger partial charge on any atom is -0.369 e. The van der Waals surface area contributed by atoms with E-state index in [0.29, 0.717) is 25.9 Å². The van der Waals surface area contributed by atoms with Gasteiger partial charge in [0.05, 0.1) is 5.41 Å². The molecule has 5 nitrogen and oxygen atoms in total. The maximum atomic E-state index is 11.9. The van der Waals surface area contributed by atoms with Gasteiger partial charge in [-0.15, -0.1) is 0 Å². The molecule has 4 N–H and O–H groups in total. The van der Waals surface area contributed by atoms with Crippen LogP contribution in [0.15, 0.2) is 0 Å². The molecule has 0 aromatic carbocycles. The van der Waals surface area contributed by atoms with Crippen molar-refractivity contribution in [3.05, 3.63) is 0 Å². The lowest BCUT2D eigenvalue weighted by atomic mass is 9.89. The smallest absolute Gasteiger partial charge is 0.225 e. The van der Waals surface area contributed by atoms with Gasteiger partial charge in [-0.25, -0.2) is 0 Å². The Hall–Kier alpha value is -1.10. The maximum absolute atomic E-state index is 11.9. The van der Waals surface area contributed by atoms with Crippen molar-refractivity contribution in [3.8, 4) is 0 Å². The standard InChI is InChI=1S/C11H21N3O2/c1-10(2,13)6-8(15)14-5-4-11(3,7-14)9(12)16/h4-7,13H2,1-3H3,(H2,12,16). The van der Waals surface area contributed by atoms with Gasteiger partial charge in [-0.2, -0.15) is 0 Å². The van der Waals surface area contributed by atoms with E-state index in [0.717, 1.165) is 0 Å². The molecule has 0 radical (unpaired) electrons. The second-order valence-corrected chi connectivity index (χ2v) is 5.66. The molecule has 0 bridgehead atoms. The van der Waals surface area contributed by atoms with Gasteiger partial charge in [-0.1, -0.05) is 0 Å². The first-order valence-corrected chi connectivity index (χ1v) is 5.51. The molecule has 1 saturated heterocycles. The highest BCUT2D eigenvalue weighted by Crippen LogP contribution is 2.30. The quantitative estimate of drug-likeness (QED) is 0.702. The molecule has 0 aliphatic carbocycles. The summed E-state index contributed by atoms with van der Waals surface area (Å²) in [5.74, 6) is -0.340. The monoisotopic (exact) mass is 227 g/mol. The minimum absolute atomic E-state index is 0.00234. The van der Waals surface area contributed by atoms with Gasteiger partial charge < -0.3 is 16.4 Å². The minimum atomic E-state index is -0.575. The molecule has 1 aliphatic heterocycles. The summed E-state index contributed by atoms with van der Waals surface area (Å²) in [4.78, 5) is 24.8. The van der Waals surface area contributed by atoms with E-state index in [1.807, 2.05) is 13.8 Å². The number of nitrogens with zero attached hydrogens (tertiary/aromatic N) is 1. The Bertz CT molecular complexity index is 309. The molecule has 1 atom stereocenters. The van der Waals surface area contributed by atoms with E-state index in [1.54, 1.807) is 11.8 Å². The molecule has 1 rings (SSSR count). The van der Waals surface area contributed by atoms with Gasteiger partial charge in [0, 0.05) is 25.0 Å². The highest BCUT2D eigenvalue weighted by atomic mass is 16.2. The van der Waals surface area contributed by atoms with Crippen LogP contribution in [0.2, 0.25) is 0 Å². The van der Waals surface area contributed by atoms with Gasteiger partial charge in [0.15, 0.2) is 0 Å². The Kier molecular flexibility index (Phi) is 3.28. The van der Waals surface area contributed by atoms with Gasteiger partial charge in [0.1, 0.15) is 0 Å². The van der Waals surface area contributed by atoms with Crippen molar-refractivity contribution in [2.24, 2.45) is 16.9 Å². The molecule has 1 unspecified atom stereocenters. The summed E-state index contributed by atoms with van der Waals surface area (Å²) in [7, 11) is 0.